The van der Waals surface area contributed by atoms with Crippen molar-refractivity contribution >= 4 is 0 Å². The van der Waals surface area contributed by atoms with Crippen LogP contribution in [-0.2, 0) is 6.61 Å². The minimum atomic E-state index is -0.0302. The number of aliphatic hydroxyl groups excluding tert-OH is 1. The second-order valence-electron chi connectivity index (χ2n) is 4.20. The second kappa shape index (κ2) is 5.71. The van der Waals surface area contributed by atoms with Gasteiger partial charge in [-0.3, -0.25) is 4.98 Å². The van der Waals surface area contributed by atoms with E-state index in [1.165, 1.54) is 0 Å². The molecule has 15 heavy (non-hydrogen) atoms. The Bertz CT molecular complexity index is 299. The van der Waals surface area contributed by atoms with Crippen LogP contribution in [0.2, 0.25) is 0 Å². The largest absolute Gasteiger partial charge is 0.490 e. The number of pyridine rings is 1. The zero-order valence-corrected chi connectivity index (χ0v) is 9.60. The van der Waals surface area contributed by atoms with E-state index in [0.717, 1.165) is 17.7 Å². The Kier molecular flexibility index (Phi) is 4.56. The van der Waals surface area contributed by atoms with Crippen LogP contribution in [0.5, 0.6) is 5.75 Å². The molecular weight excluding hydrogens is 190 g/mol. The van der Waals surface area contributed by atoms with Crippen molar-refractivity contribution in [1.29, 1.82) is 0 Å². The van der Waals surface area contributed by atoms with Gasteiger partial charge in [0.1, 0.15) is 5.75 Å². The molecule has 3 heteroatoms. The van der Waals surface area contributed by atoms with Gasteiger partial charge < -0.3 is 9.84 Å². The van der Waals surface area contributed by atoms with Crippen molar-refractivity contribution < 1.29 is 9.84 Å². The molecule has 3 nitrogen and oxygen atoms in total. The normalized spacial score (nSPS) is 12.9. The van der Waals surface area contributed by atoms with Gasteiger partial charge in [-0.1, -0.05) is 13.8 Å². The van der Waals surface area contributed by atoms with E-state index in [4.69, 9.17) is 9.84 Å². The molecule has 84 valence electrons. The molecule has 0 amide bonds. The molecule has 0 aromatic carbocycles. The first-order valence-corrected chi connectivity index (χ1v) is 5.34. The quantitative estimate of drug-likeness (QED) is 0.809. The van der Waals surface area contributed by atoms with Crippen molar-refractivity contribution in [1.82, 2.24) is 4.98 Å². The molecule has 0 aliphatic rings. The summed E-state index contributed by atoms with van der Waals surface area (Å²) in [4.78, 5) is 3.94. The van der Waals surface area contributed by atoms with Crippen molar-refractivity contribution in [3.8, 4) is 5.75 Å². The molecule has 0 bridgehead atoms. The van der Waals surface area contributed by atoms with Gasteiger partial charge >= 0.3 is 0 Å². The van der Waals surface area contributed by atoms with Gasteiger partial charge in [-0.25, -0.2) is 0 Å². The van der Waals surface area contributed by atoms with E-state index < -0.39 is 0 Å². The molecule has 1 N–H and O–H groups in total. The summed E-state index contributed by atoms with van der Waals surface area (Å²) in [5.74, 6) is 1.35. The third-order valence-electron chi connectivity index (χ3n) is 2.16. The average Bonchev–Trinajstić information content (AvgIpc) is 2.17. The lowest BCUT2D eigenvalue weighted by Crippen LogP contribution is -2.15. The van der Waals surface area contributed by atoms with E-state index in [0.29, 0.717) is 5.92 Å². The molecule has 0 fully saturated rings. The first-order valence-electron chi connectivity index (χ1n) is 5.34. The van der Waals surface area contributed by atoms with Crippen LogP contribution in [0.15, 0.2) is 18.5 Å². The maximum atomic E-state index is 9.09. The standard InChI is InChI=1S/C12H19NO2/c1-9(2)6-10(3)15-12-4-5-13-7-11(12)8-14/h4-5,7,9-10,14H,6,8H2,1-3H3. The summed E-state index contributed by atoms with van der Waals surface area (Å²) in [6, 6.07) is 1.79. The van der Waals surface area contributed by atoms with E-state index in [9.17, 15) is 0 Å². The van der Waals surface area contributed by atoms with Gasteiger partial charge in [0.2, 0.25) is 0 Å². The number of hydrogen-bond acceptors (Lipinski definition) is 3. The van der Waals surface area contributed by atoms with Crippen LogP contribution in [0, 0.1) is 5.92 Å². The van der Waals surface area contributed by atoms with E-state index >= 15 is 0 Å². The van der Waals surface area contributed by atoms with Crippen LogP contribution in [0.4, 0.5) is 0 Å². The number of ether oxygens (including phenoxy) is 1. The first kappa shape index (κ1) is 12.0. The number of aliphatic hydroxyl groups is 1. The molecule has 0 radical (unpaired) electrons. The van der Waals surface area contributed by atoms with E-state index in [2.05, 4.69) is 18.8 Å². The van der Waals surface area contributed by atoms with E-state index in [1.54, 1.807) is 18.5 Å². The summed E-state index contributed by atoms with van der Waals surface area (Å²) in [5.41, 5.74) is 0.744. The molecule has 1 unspecified atom stereocenters. The maximum Gasteiger partial charge on any atom is 0.128 e. The molecular formula is C12H19NO2. The molecule has 0 aliphatic heterocycles. The topological polar surface area (TPSA) is 42.4 Å². The van der Waals surface area contributed by atoms with Crippen molar-refractivity contribution in [2.24, 2.45) is 5.92 Å². The molecule has 1 aromatic heterocycles. The van der Waals surface area contributed by atoms with Gasteiger partial charge in [0, 0.05) is 18.0 Å². The molecule has 0 saturated carbocycles. The van der Waals surface area contributed by atoms with Crippen molar-refractivity contribution in [2.75, 3.05) is 0 Å². The molecule has 1 atom stereocenters. The van der Waals surface area contributed by atoms with Crippen LogP contribution >= 0.6 is 0 Å². The van der Waals surface area contributed by atoms with Crippen molar-refractivity contribution in [2.45, 2.75) is 39.9 Å². The van der Waals surface area contributed by atoms with E-state index in [-0.39, 0.29) is 12.7 Å². The molecule has 1 aromatic rings. The van der Waals surface area contributed by atoms with Crippen LogP contribution in [-0.4, -0.2) is 16.2 Å². The van der Waals surface area contributed by atoms with Gasteiger partial charge in [0.25, 0.3) is 0 Å². The second-order valence-corrected chi connectivity index (χ2v) is 4.20. The minimum Gasteiger partial charge on any atom is -0.490 e. The SMILES string of the molecule is CC(C)CC(C)Oc1ccncc1CO. The average molecular weight is 209 g/mol. The predicted octanol–water partition coefficient (Wildman–Crippen LogP) is 2.39. The Morgan fingerprint density at radius 2 is 2.13 bits per heavy atom. The lowest BCUT2D eigenvalue weighted by atomic mass is 10.1. The highest BCUT2D eigenvalue weighted by Gasteiger charge is 2.09. The summed E-state index contributed by atoms with van der Waals surface area (Å²) in [5, 5.41) is 9.09. The van der Waals surface area contributed by atoms with Gasteiger partial charge in [-0.2, -0.15) is 0 Å². The number of hydrogen-bond donors (Lipinski definition) is 1. The van der Waals surface area contributed by atoms with Crippen LogP contribution in [0.1, 0.15) is 32.8 Å². The Morgan fingerprint density at radius 1 is 1.40 bits per heavy atom. The third-order valence-corrected chi connectivity index (χ3v) is 2.16. The maximum absolute atomic E-state index is 9.09. The molecule has 0 aliphatic carbocycles. The zero-order valence-electron chi connectivity index (χ0n) is 9.60. The number of nitrogens with zero attached hydrogens (tertiary/aromatic N) is 1. The lowest BCUT2D eigenvalue weighted by molar-refractivity contribution is 0.185. The highest BCUT2D eigenvalue weighted by molar-refractivity contribution is 5.29. The highest BCUT2D eigenvalue weighted by atomic mass is 16.5. The first-order chi connectivity index (χ1) is 7.13. The van der Waals surface area contributed by atoms with Gasteiger partial charge in [0.15, 0.2) is 0 Å². The van der Waals surface area contributed by atoms with E-state index in [1.807, 2.05) is 6.92 Å². The van der Waals surface area contributed by atoms with Crippen LogP contribution in [0.25, 0.3) is 0 Å². The number of rotatable bonds is 5. The predicted molar refractivity (Wildman–Crippen MR) is 59.7 cm³/mol. The smallest absolute Gasteiger partial charge is 0.128 e. The molecule has 1 heterocycles. The highest BCUT2D eigenvalue weighted by Crippen LogP contribution is 2.19. The summed E-state index contributed by atoms with van der Waals surface area (Å²) < 4.78 is 5.75. The zero-order chi connectivity index (χ0) is 11.3. The van der Waals surface area contributed by atoms with Crippen LogP contribution in [0.3, 0.4) is 0 Å². The fourth-order valence-electron chi connectivity index (χ4n) is 1.58. The van der Waals surface area contributed by atoms with Crippen molar-refractivity contribution in [3.05, 3.63) is 24.0 Å². The Balaban J connectivity index is 2.63. The summed E-state index contributed by atoms with van der Waals surface area (Å²) in [6.07, 6.45) is 4.49. The Hall–Kier alpha value is -1.09. The Morgan fingerprint density at radius 3 is 2.73 bits per heavy atom. The third kappa shape index (κ3) is 3.88. The van der Waals surface area contributed by atoms with Gasteiger partial charge in [-0.15, -0.1) is 0 Å². The summed E-state index contributed by atoms with van der Waals surface area (Å²) >= 11 is 0. The Labute approximate surface area is 91.1 Å². The minimum absolute atomic E-state index is 0.0302. The van der Waals surface area contributed by atoms with Crippen molar-refractivity contribution in [3.63, 3.8) is 0 Å². The molecule has 0 spiro atoms. The molecule has 1 rings (SSSR count). The summed E-state index contributed by atoms with van der Waals surface area (Å²) in [7, 11) is 0. The fraction of sp³-hybridized carbons (Fsp3) is 0.583. The van der Waals surface area contributed by atoms with Gasteiger partial charge in [-0.05, 0) is 25.3 Å². The van der Waals surface area contributed by atoms with Crippen LogP contribution < -0.4 is 4.74 Å². The molecule has 0 saturated heterocycles. The number of aromatic nitrogens is 1. The lowest BCUT2D eigenvalue weighted by Gasteiger charge is -2.18. The van der Waals surface area contributed by atoms with Gasteiger partial charge in [0.05, 0.1) is 12.7 Å². The fourth-order valence-corrected chi connectivity index (χ4v) is 1.58. The summed E-state index contributed by atoms with van der Waals surface area (Å²) in [6.45, 7) is 6.35. The monoisotopic (exact) mass is 209 g/mol.